The van der Waals surface area contributed by atoms with Crippen molar-refractivity contribution in [3.63, 3.8) is 0 Å². The summed E-state index contributed by atoms with van der Waals surface area (Å²) in [7, 11) is -3.90. The van der Waals surface area contributed by atoms with E-state index in [1.807, 2.05) is 6.92 Å². The van der Waals surface area contributed by atoms with E-state index in [0.29, 0.717) is 12.8 Å². The Kier molecular flexibility index (Phi) is 7.32. The topological polar surface area (TPSA) is 114 Å². The van der Waals surface area contributed by atoms with Crippen LogP contribution in [0.25, 0.3) is 11.0 Å². The van der Waals surface area contributed by atoms with Crippen LogP contribution in [0.5, 0.6) is 5.88 Å². The zero-order chi connectivity index (χ0) is 25.1. The summed E-state index contributed by atoms with van der Waals surface area (Å²) in [6.07, 6.45) is -5.48. The average Bonchev–Trinajstić information content (AvgIpc) is 2.74. The quantitative estimate of drug-likeness (QED) is 0.447. The van der Waals surface area contributed by atoms with E-state index in [9.17, 15) is 26.7 Å². The number of halogens is 3. The molecule has 2 heterocycles. The van der Waals surface area contributed by atoms with Crippen LogP contribution in [0.1, 0.15) is 51.0 Å². The van der Waals surface area contributed by atoms with Crippen molar-refractivity contribution in [2.24, 2.45) is 0 Å². The number of nitrogens with zero attached hydrogens (tertiary/aromatic N) is 3. The molecule has 3 rings (SSSR count). The smallest absolute Gasteiger partial charge is 0.429 e. The van der Waals surface area contributed by atoms with Crippen LogP contribution < -0.4 is 9.46 Å². The SMILES string of the molecule is CCCCS(=O)(=O)Nc1nc2ccccc2nc1OC(c1ccc(C(C)(C)O)nc1)C(F)(F)F. The molecule has 2 aromatic heterocycles. The summed E-state index contributed by atoms with van der Waals surface area (Å²) < 4.78 is 74.3. The van der Waals surface area contributed by atoms with Gasteiger partial charge in [0.15, 0.2) is 0 Å². The first-order valence-electron chi connectivity index (χ1n) is 10.5. The first-order valence-corrected chi connectivity index (χ1v) is 12.1. The molecule has 3 aromatic rings. The second-order valence-corrected chi connectivity index (χ2v) is 10.1. The first kappa shape index (κ1) is 25.6. The summed E-state index contributed by atoms with van der Waals surface area (Å²) >= 11 is 0. The number of nitrogens with one attached hydrogen (secondary N) is 1. The number of sulfonamides is 1. The minimum absolute atomic E-state index is 0.173. The van der Waals surface area contributed by atoms with E-state index in [-0.39, 0.29) is 28.0 Å². The standard InChI is InChI=1S/C22H25F3N4O4S/c1-4-5-12-34(31,32)29-19-20(28-16-9-7-6-8-15(16)27-19)33-18(22(23,24)25)14-10-11-17(26-13-14)21(2,3)30/h6-11,13,18,30H,4-5,12H2,1-3H3,(H,27,29). The number of hydrogen-bond donors (Lipinski definition) is 2. The van der Waals surface area contributed by atoms with E-state index in [0.717, 1.165) is 12.3 Å². The highest BCUT2D eigenvalue weighted by Gasteiger charge is 2.44. The lowest BCUT2D eigenvalue weighted by molar-refractivity contribution is -0.198. The van der Waals surface area contributed by atoms with Crippen LogP contribution in [0.2, 0.25) is 0 Å². The van der Waals surface area contributed by atoms with Gasteiger partial charge < -0.3 is 9.84 Å². The number of aromatic nitrogens is 3. The van der Waals surface area contributed by atoms with Gasteiger partial charge in [-0.2, -0.15) is 13.2 Å². The maximum absolute atomic E-state index is 14.0. The Bertz CT molecular complexity index is 1240. The number of unbranched alkanes of at least 4 members (excludes halogenated alkanes) is 1. The van der Waals surface area contributed by atoms with Crippen LogP contribution in [0.3, 0.4) is 0 Å². The molecule has 0 aliphatic heterocycles. The second kappa shape index (κ2) is 9.71. The van der Waals surface area contributed by atoms with Crippen molar-refractivity contribution in [2.45, 2.75) is 51.5 Å². The van der Waals surface area contributed by atoms with Gasteiger partial charge in [0.05, 0.1) is 22.5 Å². The van der Waals surface area contributed by atoms with E-state index >= 15 is 0 Å². The summed E-state index contributed by atoms with van der Waals surface area (Å²) in [5.74, 6) is -1.29. The van der Waals surface area contributed by atoms with Crippen molar-refractivity contribution in [3.05, 3.63) is 53.9 Å². The number of benzene rings is 1. The van der Waals surface area contributed by atoms with E-state index in [1.165, 1.54) is 26.0 Å². The van der Waals surface area contributed by atoms with Gasteiger partial charge in [0.25, 0.3) is 5.88 Å². The summed E-state index contributed by atoms with van der Waals surface area (Å²) in [5.41, 5.74) is -1.02. The Labute approximate surface area is 195 Å². The second-order valence-electron chi connectivity index (χ2n) is 8.22. The Morgan fingerprint density at radius 2 is 1.74 bits per heavy atom. The predicted molar refractivity (Wildman–Crippen MR) is 121 cm³/mol. The van der Waals surface area contributed by atoms with E-state index in [2.05, 4.69) is 19.7 Å². The van der Waals surface area contributed by atoms with Crippen LogP contribution in [0.4, 0.5) is 19.0 Å². The minimum Gasteiger partial charge on any atom is -0.457 e. The molecule has 0 amide bonds. The summed E-state index contributed by atoms with van der Waals surface area (Å²) in [6, 6.07) is 8.73. The molecular formula is C22H25F3N4O4S. The van der Waals surface area contributed by atoms with Crippen molar-refractivity contribution in [3.8, 4) is 5.88 Å². The van der Waals surface area contributed by atoms with Crippen LogP contribution in [-0.4, -0.2) is 40.4 Å². The third kappa shape index (κ3) is 6.32. The van der Waals surface area contributed by atoms with Crippen molar-refractivity contribution < 1.29 is 31.4 Å². The molecule has 1 aromatic carbocycles. The molecule has 0 saturated heterocycles. The molecule has 0 spiro atoms. The summed E-state index contributed by atoms with van der Waals surface area (Å²) in [6.45, 7) is 4.72. The Morgan fingerprint density at radius 1 is 1.09 bits per heavy atom. The van der Waals surface area contributed by atoms with Crippen molar-refractivity contribution in [1.82, 2.24) is 15.0 Å². The molecule has 1 unspecified atom stereocenters. The first-order chi connectivity index (χ1) is 15.8. The molecule has 8 nitrogen and oxygen atoms in total. The normalized spacial score (nSPS) is 13.6. The maximum atomic E-state index is 14.0. The van der Waals surface area contributed by atoms with Gasteiger partial charge in [-0.3, -0.25) is 9.71 Å². The summed E-state index contributed by atoms with van der Waals surface area (Å²) in [4.78, 5) is 12.2. The van der Waals surface area contributed by atoms with Crippen molar-refractivity contribution in [2.75, 3.05) is 10.5 Å². The van der Waals surface area contributed by atoms with Crippen LogP contribution in [0, 0.1) is 0 Å². The van der Waals surface area contributed by atoms with Gasteiger partial charge in [-0.1, -0.05) is 31.5 Å². The number of pyridine rings is 1. The Balaban J connectivity index is 2.05. The zero-order valence-electron chi connectivity index (χ0n) is 18.8. The highest BCUT2D eigenvalue weighted by atomic mass is 32.2. The largest absolute Gasteiger partial charge is 0.457 e. The fourth-order valence-electron chi connectivity index (χ4n) is 3.02. The van der Waals surface area contributed by atoms with E-state index < -0.39 is 39.6 Å². The van der Waals surface area contributed by atoms with Gasteiger partial charge in [-0.15, -0.1) is 0 Å². The molecule has 0 saturated carbocycles. The molecule has 0 aliphatic carbocycles. The molecular weight excluding hydrogens is 473 g/mol. The molecule has 0 fully saturated rings. The molecule has 34 heavy (non-hydrogen) atoms. The highest BCUT2D eigenvalue weighted by molar-refractivity contribution is 7.92. The van der Waals surface area contributed by atoms with Crippen LogP contribution in [-0.2, 0) is 15.6 Å². The number of anilines is 1. The van der Waals surface area contributed by atoms with Gasteiger partial charge in [0.1, 0.15) is 5.60 Å². The van der Waals surface area contributed by atoms with Crippen LogP contribution >= 0.6 is 0 Å². The molecule has 2 N–H and O–H groups in total. The fraction of sp³-hybridized carbons (Fsp3) is 0.409. The van der Waals surface area contributed by atoms with Gasteiger partial charge in [-0.25, -0.2) is 18.4 Å². The number of ether oxygens (including phenoxy) is 1. The number of fused-ring (bicyclic) bond motifs is 1. The van der Waals surface area contributed by atoms with E-state index in [4.69, 9.17) is 4.74 Å². The lowest BCUT2D eigenvalue weighted by Crippen LogP contribution is -2.28. The monoisotopic (exact) mass is 498 g/mol. The number of para-hydroxylation sites is 2. The molecule has 0 aliphatic rings. The van der Waals surface area contributed by atoms with E-state index in [1.54, 1.807) is 18.2 Å². The lowest BCUT2D eigenvalue weighted by Gasteiger charge is -2.23. The van der Waals surface area contributed by atoms with Crippen molar-refractivity contribution >= 4 is 26.9 Å². The summed E-state index contributed by atoms with van der Waals surface area (Å²) in [5, 5.41) is 10.0. The molecule has 12 heteroatoms. The van der Waals surface area contributed by atoms with Gasteiger partial charge >= 0.3 is 6.18 Å². The maximum Gasteiger partial charge on any atom is 0.429 e. The predicted octanol–water partition coefficient (Wildman–Crippen LogP) is 4.48. The zero-order valence-corrected chi connectivity index (χ0v) is 19.6. The number of alkyl halides is 3. The van der Waals surface area contributed by atoms with Gasteiger partial charge in [0, 0.05) is 11.8 Å². The Morgan fingerprint density at radius 3 is 2.26 bits per heavy atom. The third-order valence-electron chi connectivity index (χ3n) is 4.80. The number of aliphatic hydroxyl groups is 1. The molecule has 184 valence electrons. The third-order valence-corrected chi connectivity index (χ3v) is 6.13. The minimum atomic E-state index is -4.89. The van der Waals surface area contributed by atoms with Gasteiger partial charge in [0.2, 0.25) is 21.9 Å². The van der Waals surface area contributed by atoms with Gasteiger partial charge in [-0.05, 0) is 38.5 Å². The number of hydrogen-bond acceptors (Lipinski definition) is 7. The van der Waals surface area contributed by atoms with Crippen molar-refractivity contribution in [1.29, 1.82) is 0 Å². The average molecular weight is 499 g/mol. The fourth-order valence-corrected chi connectivity index (χ4v) is 4.22. The lowest BCUT2D eigenvalue weighted by atomic mass is 10.0. The number of rotatable bonds is 9. The Hall–Kier alpha value is -2.99. The molecule has 1 atom stereocenters. The highest BCUT2D eigenvalue weighted by Crippen LogP contribution is 2.38. The van der Waals surface area contributed by atoms with Crippen LogP contribution in [0.15, 0.2) is 42.6 Å². The molecule has 0 bridgehead atoms. The molecule has 0 radical (unpaired) electrons.